The zero-order chi connectivity index (χ0) is 30.5. The van der Waals surface area contributed by atoms with Gasteiger partial charge in [0.05, 0.1) is 23.1 Å². The standard InChI is InChI=1S/C29H30ClN7O6/c1-35(29(42)43-16-18-6-3-2-4-7-18)10-5-11-36-17-32-23-13-19(30)12-21(25(23)36)22-8-9-31-27(34-22)33-20-14-24(26(38)39)37(15-20)28(40)41/h2-4,6-9,12-13,17,20,24H,5,10-11,14-16H2,1H3,(H,38,39)(H,40,41)(H,31,33,34)/t20-,24-/m0/s1. The van der Waals surface area contributed by atoms with Crippen molar-refractivity contribution in [2.24, 2.45) is 0 Å². The van der Waals surface area contributed by atoms with E-state index in [4.69, 9.17) is 16.3 Å². The second kappa shape index (κ2) is 12.9. The van der Waals surface area contributed by atoms with Crippen molar-refractivity contribution in [3.63, 3.8) is 0 Å². The van der Waals surface area contributed by atoms with Gasteiger partial charge < -0.3 is 29.7 Å². The Labute approximate surface area is 251 Å². The number of aliphatic carboxylic acids is 1. The maximum atomic E-state index is 12.4. The second-order valence-corrected chi connectivity index (χ2v) is 10.6. The Bertz CT molecular complexity index is 1610. The van der Waals surface area contributed by atoms with Crippen LogP contribution in [0, 0.1) is 0 Å². The normalized spacial score (nSPS) is 16.3. The minimum absolute atomic E-state index is 0.0116. The highest BCUT2D eigenvalue weighted by atomic mass is 35.5. The van der Waals surface area contributed by atoms with E-state index in [9.17, 15) is 24.6 Å². The highest BCUT2D eigenvalue weighted by Crippen LogP contribution is 2.31. The van der Waals surface area contributed by atoms with Crippen molar-refractivity contribution >= 4 is 46.7 Å². The molecule has 0 aliphatic carbocycles. The highest BCUT2D eigenvalue weighted by Gasteiger charge is 2.40. The number of nitrogens with one attached hydrogen (secondary N) is 1. The molecule has 0 bridgehead atoms. The van der Waals surface area contributed by atoms with Crippen molar-refractivity contribution in [1.29, 1.82) is 0 Å². The van der Waals surface area contributed by atoms with E-state index in [1.54, 1.807) is 37.8 Å². The fourth-order valence-electron chi connectivity index (χ4n) is 5.09. The molecule has 2 aromatic heterocycles. The van der Waals surface area contributed by atoms with E-state index in [1.807, 2.05) is 34.9 Å². The van der Waals surface area contributed by atoms with E-state index in [0.717, 1.165) is 16.0 Å². The van der Waals surface area contributed by atoms with Crippen molar-refractivity contribution in [1.82, 2.24) is 29.3 Å². The van der Waals surface area contributed by atoms with Gasteiger partial charge in [0.1, 0.15) is 12.6 Å². The SMILES string of the molecule is CN(CCCn1cnc2cc(Cl)cc(-c3ccnc(N[C@H]4C[C@@H](C(=O)O)N(C(=O)O)C4)n3)c21)C(=O)OCc1ccccc1. The van der Waals surface area contributed by atoms with Gasteiger partial charge in [-0.3, -0.25) is 4.90 Å². The van der Waals surface area contributed by atoms with E-state index in [0.29, 0.717) is 41.3 Å². The molecule has 4 aromatic rings. The number of benzene rings is 2. The Balaban J connectivity index is 1.28. The van der Waals surface area contributed by atoms with Gasteiger partial charge in [0.2, 0.25) is 5.95 Å². The van der Waals surface area contributed by atoms with Gasteiger partial charge >= 0.3 is 18.2 Å². The molecule has 3 N–H and O–H groups in total. The number of aromatic nitrogens is 4. The first-order chi connectivity index (χ1) is 20.7. The van der Waals surface area contributed by atoms with Crippen LogP contribution in [0.3, 0.4) is 0 Å². The number of aryl methyl sites for hydroxylation is 1. The summed E-state index contributed by atoms with van der Waals surface area (Å²) in [5, 5.41) is 22.3. The number of nitrogens with zero attached hydrogens (tertiary/aromatic N) is 6. The zero-order valence-corrected chi connectivity index (χ0v) is 24.0. The summed E-state index contributed by atoms with van der Waals surface area (Å²) in [6.07, 6.45) is 2.29. The Morgan fingerprint density at radius 2 is 1.93 bits per heavy atom. The number of hydrogen-bond acceptors (Lipinski definition) is 8. The zero-order valence-electron chi connectivity index (χ0n) is 23.3. The first-order valence-electron chi connectivity index (χ1n) is 13.6. The minimum atomic E-state index is -1.30. The molecule has 0 radical (unpaired) electrons. The number of imidazole rings is 1. The largest absolute Gasteiger partial charge is 0.480 e. The van der Waals surface area contributed by atoms with Crippen molar-refractivity contribution < 1.29 is 29.3 Å². The van der Waals surface area contributed by atoms with Gasteiger partial charge in [0.15, 0.2) is 0 Å². The van der Waals surface area contributed by atoms with Gasteiger partial charge in [-0.25, -0.2) is 29.3 Å². The van der Waals surface area contributed by atoms with Crippen LogP contribution in [0.15, 0.2) is 61.1 Å². The highest BCUT2D eigenvalue weighted by molar-refractivity contribution is 6.31. The fraction of sp³-hybridized carbons (Fsp3) is 0.310. The third-order valence-corrected chi connectivity index (χ3v) is 7.40. The second-order valence-electron chi connectivity index (χ2n) is 10.2. The molecule has 1 fully saturated rings. The van der Waals surface area contributed by atoms with Gasteiger partial charge in [-0.05, 0) is 30.2 Å². The maximum Gasteiger partial charge on any atom is 0.409 e. The molecule has 0 spiro atoms. The first kappa shape index (κ1) is 29.6. The summed E-state index contributed by atoms with van der Waals surface area (Å²) in [5.74, 6) is -0.972. The molecule has 3 heterocycles. The number of fused-ring (bicyclic) bond motifs is 1. The van der Waals surface area contributed by atoms with Gasteiger partial charge in [-0.15, -0.1) is 0 Å². The Hall–Kier alpha value is -4.91. The number of anilines is 1. The van der Waals surface area contributed by atoms with Gasteiger partial charge in [0.25, 0.3) is 0 Å². The summed E-state index contributed by atoms with van der Waals surface area (Å²) in [5.41, 5.74) is 3.65. The molecule has 0 unspecified atom stereocenters. The smallest absolute Gasteiger partial charge is 0.409 e. The topological polar surface area (TPSA) is 163 Å². The number of carboxylic acids is 1. The molecule has 2 aromatic carbocycles. The van der Waals surface area contributed by atoms with Crippen molar-refractivity contribution in [2.75, 3.05) is 25.5 Å². The van der Waals surface area contributed by atoms with Gasteiger partial charge in [-0.2, -0.15) is 0 Å². The lowest BCUT2D eigenvalue weighted by Crippen LogP contribution is -2.39. The molecule has 0 saturated carbocycles. The monoisotopic (exact) mass is 607 g/mol. The van der Waals surface area contributed by atoms with E-state index in [2.05, 4.69) is 20.3 Å². The molecule has 1 saturated heterocycles. The summed E-state index contributed by atoms with van der Waals surface area (Å²) < 4.78 is 7.37. The van der Waals surface area contributed by atoms with Crippen molar-refractivity contribution in [3.8, 4) is 11.3 Å². The van der Waals surface area contributed by atoms with E-state index in [1.165, 1.54) is 4.90 Å². The van der Waals surface area contributed by atoms with Crippen LogP contribution in [0.2, 0.25) is 5.02 Å². The first-order valence-corrected chi connectivity index (χ1v) is 14.0. The number of carbonyl (C=O) groups excluding carboxylic acids is 1. The van der Waals surface area contributed by atoms with Crippen LogP contribution in [-0.2, 0) is 22.7 Å². The third kappa shape index (κ3) is 6.95. The lowest BCUT2D eigenvalue weighted by atomic mass is 10.1. The van der Waals surface area contributed by atoms with Crippen LogP contribution in [0.1, 0.15) is 18.4 Å². The average Bonchev–Trinajstić information content (AvgIpc) is 3.60. The average molecular weight is 608 g/mol. The fourth-order valence-corrected chi connectivity index (χ4v) is 5.30. The molecular formula is C29H30ClN7O6. The number of hydrogen-bond donors (Lipinski definition) is 3. The molecule has 2 amide bonds. The van der Waals surface area contributed by atoms with Crippen LogP contribution >= 0.6 is 11.6 Å². The number of carboxylic acid groups (broad SMARTS) is 2. The molecule has 1 aliphatic rings. The number of ether oxygens (including phenoxy) is 1. The summed E-state index contributed by atoms with van der Waals surface area (Å²) in [6.45, 7) is 1.21. The summed E-state index contributed by atoms with van der Waals surface area (Å²) in [4.78, 5) is 51.3. The lowest BCUT2D eigenvalue weighted by Gasteiger charge is -2.17. The summed E-state index contributed by atoms with van der Waals surface area (Å²) in [6, 6.07) is 13.1. The third-order valence-electron chi connectivity index (χ3n) is 7.18. The maximum absolute atomic E-state index is 12.4. The van der Waals surface area contributed by atoms with E-state index in [-0.39, 0.29) is 25.5 Å². The van der Waals surface area contributed by atoms with Crippen LogP contribution in [0.4, 0.5) is 15.5 Å². The molecule has 2 atom stereocenters. The van der Waals surface area contributed by atoms with E-state index < -0.39 is 30.2 Å². The number of halogens is 1. The van der Waals surface area contributed by atoms with Crippen LogP contribution in [-0.4, -0.2) is 89.9 Å². The Morgan fingerprint density at radius 1 is 1.14 bits per heavy atom. The molecular weight excluding hydrogens is 578 g/mol. The van der Waals surface area contributed by atoms with Crippen LogP contribution in [0.25, 0.3) is 22.3 Å². The molecule has 14 heteroatoms. The van der Waals surface area contributed by atoms with Crippen molar-refractivity contribution in [2.45, 2.75) is 38.1 Å². The molecule has 1 aliphatic heterocycles. The van der Waals surface area contributed by atoms with Gasteiger partial charge in [0, 0.05) is 55.9 Å². The molecule has 5 rings (SSSR count). The number of amides is 2. The summed E-state index contributed by atoms with van der Waals surface area (Å²) >= 11 is 6.42. The summed E-state index contributed by atoms with van der Waals surface area (Å²) in [7, 11) is 1.69. The molecule has 224 valence electrons. The predicted molar refractivity (Wildman–Crippen MR) is 158 cm³/mol. The van der Waals surface area contributed by atoms with Crippen LogP contribution in [0.5, 0.6) is 0 Å². The Morgan fingerprint density at radius 3 is 2.65 bits per heavy atom. The van der Waals surface area contributed by atoms with E-state index >= 15 is 0 Å². The quantitative estimate of drug-likeness (QED) is 0.235. The van der Waals surface area contributed by atoms with Crippen molar-refractivity contribution in [3.05, 3.63) is 71.6 Å². The Kier molecular flexibility index (Phi) is 8.90. The number of likely N-dealkylation sites (tertiary alicyclic amines) is 1. The number of carbonyl (C=O) groups is 3. The predicted octanol–water partition coefficient (Wildman–Crippen LogP) is 4.42. The minimum Gasteiger partial charge on any atom is -0.480 e. The number of rotatable bonds is 10. The van der Waals surface area contributed by atoms with Crippen LogP contribution < -0.4 is 5.32 Å². The molecule has 13 nitrogen and oxygen atoms in total. The lowest BCUT2D eigenvalue weighted by molar-refractivity contribution is -0.141. The van der Waals surface area contributed by atoms with Gasteiger partial charge in [-0.1, -0.05) is 41.9 Å². The molecule has 43 heavy (non-hydrogen) atoms.